The second-order valence-corrected chi connectivity index (χ2v) is 5.76. The Hall–Kier alpha value is -1.91. The molecule has 0 aromatic heterocycles. The molecule has 20 heavy (non-hydrogen) atoms. The minimum absolute atomic E-state index is 0.0876. The first kappa shape index (κ1) is 14.5. The third-order valence-corrected chi connectivity index (χ3v) is 3.72. The zero-order valence-corrected chi connectivity index (χ0v) is 11.9. The van der Waals surface area contributed by atoms with Gasteiger partial charge in [-0.05, 0) is 38.0 Å². The Morgan fingerprint density at radius 3 is 2.85 bits per heavy atom. The predicted molar refractivity (Wildman–Crippen MR) is 74.9 cm³/mol. The summed E-state index contributed by atoms with van der Waals surface area (Å²) in [5.41, 5.74) is 0.719. The number of fused-ring (bicyclic) bond motifs is 1. The number of nitrogens with one attached hydrogen (secondary N) is 2. The van der Waals surface area contributed by atoms with Crippen molar-refractivity contribution in [1.29, 1.82) is 0 Å². The summed E-state index contributed by atoms with van der Waals surface area (Å²) in [6.07, 6.45) is 0.873. The van der Waals surface area contributed by atoms with E-state index in [1.807, 2.05) is 20.8 Å². The molecule has 4 nitrogen and oxygen atoms in total. The highest BCUT2D eigenvalue weighted by Gasteiger charge is 2.33. The molecule has 0 fully saturated rings. The molecule has 0 saturated heterocycles. The zero-order valence-electron chi connectivity index (χ0n) is 11.9. The van der Waals surface area contributed by atoms with E-state index in [-0.39, 0.29) is 23.8 Å². The van der Waals surface area contributed by atoms with E-state index in [2.05, 4.69) is 10.6 Å². The van der Waals surface area contributed by atoms with Crippen molar-refractivity contribution >= 4 is 17.5 Å². The van der Waals surface area contributed by atoms with Crippen LogP contribution in [0.2, 0.25) is 0 Å². The molecular formula is C15H19FN2O2. The van der Waals surface area contributed by atoms with E-state index in [9.17, 15) is 14.0 Å². The fraction of sp³-hybridized carbons (Fsp3) is 0.467. The summed E-state index contributed by atoms with van der Waals surface area (Å²) >= 11 is 0. The summed E-state index contributed by atoms with van der Waals surface area (Å²) in [6, 6.07) is 4.12. The Balaban J connectivity index is 2.29. The van der Waals surface area contributed by atoms with E-state index in [1.165, 1.54) is 12.1 Å². The van der Waals surface area contributed by atoms with Gasteiger partial charge in [0, 0.05) is 17.6 Å². The Kier molecular flexibility index (Phi) is 3.79. The summed E-state index contributed by atoms with van der Waals surface area (Å²) in [6.45, 7) is 5.84. The van der Waals surface area contributed by atoms with Crippen LogP contribution in [0.1, 0.15) is 45.1 Å². The minimum Gasteiger partial charge on any atom is -0.351 e. The molecular weight excluding hydrogens is 259 g/mol. The van der Waals surface area contributed by atoms with Crippen molar-refractivity contribution in [2.75, 3.05) is 5.32 Å². The van der Waals surface area contributed by atoms with Crippen molar-refractivity contribution < 1.29 is 14.0 Å². The molecule has 1 heterocycles. The summed E-state index contributed by atoms with van der Waals surface area (Å²) in [4.78, 5) is 24.1. The van der Waals surface area contributed by atoms with E-state index < -0.39 is 11.7 Å². The van der Waals surface area contributed by atoms with Gasteiger partial charge in [0.2, 0.25) is 11.8 Å². The standard InChI is InChI=1S/C15H19FN2O2/c1-4-15(2,3)18-14(20)11-8-13(19)17-12-7-9(16)5-6-10(11)12/h5-7,11H,4,8H2,1-3H3,(H,17,19)(H,18,20). The fourth-order valence-electron chi connectivity index (χ4n) is 2.18. The number of hydrogen-bond acceptors (Lipinski definition) is 2. The summed E-state index contributed by atoms with van der Waals surface area (Å²) in [5, 5.41) is 5.54. The van der Waals surface area contributed by atoms with Gasteiger partial charge in [0.25, 0.3) is 0 Å². The molecule has 0 bridgehead atoms. The number of halogens is 1. The Morgan fingerprint density at radius 2 is 2.20 bits per heavy atom. The van der Waals surface area contributed by atoms with Crippen molar-refractivity contribution in [2.24, 2.45) is 0 Å². The van der Waals surface area contributed by atoms with E-state index >= 15 is 0 Å². The van der Waals surface area contributed by atoms with Crippen LogP contribution in [0.3, 0.4) is 0 Å². The molecule has 0 radical (unpaired) electrons. The number of carbonyl (C=O) groups excluding carboxylic acids is 2. The van der Waals surface area contributed by atoms with Crippen molar-refractivity contribution in [3.05, 3.63) is 29.6 Å². The second kappa shape index (κ2) is 5.23. The molecule has 0 aliphatic carbocycles. The van der Waals surface area contributed by atoms with Gasteiger partial charge in [-0.2, -0.15) is 0 Å². The summed E-state index contributed by atoms with van der Waals surface area (Å²) in [5.74, 6) is -1.46. The van der Waals surface area contributed by atoms with Gasteiger partial charge in [0.05, 0.1) is 5.92 Å². The van der Waals surface area contributed by atoms with Crippen LogP contribution >= 0.6 is 0 Å². The molecule has 1 aliphatic rings. The molecule has 0 saturated carbocycles. The summed E-state index contributed by atoms with van der Waals surface area (Å²) in [7, 11) is 0. The zero-order chi connectivity index (χ0) is 14.9. The van der Waals surface area contributed by atoms with Gasteiger partial charge in [0.15, 0.2) is 0 Å². The number of hydrogen-bond donors (Lipinski definition) is 2. The van der Waals surface area contributed by atoms with Gasteiger partial charge in [-0.15, -0.1) is 0 Å². The lowest BCUT2D eigenvalue weighted by atomic mass is 9.88. The first-order valence-electron chi connectivity index (χ1n) is 6.74. The normalized spacial score (nSPS) is 18.2. The monoisotopic (exact) mass is 278 g/mol. The quantitative estimate of drug-likeness (QED) is 0.892. The van der Waals surface area contributed by atoms with Crippen LogP contribution in [0.4, 0.5) is 10.1 Å². The highest BCUT2D eigenvalue weighted by molar-refractivity contribution is 6.01. The average molecular weight is 278 g/mol. The van der Waals surface area contributed by atoms with E-state index in [1.54, 1.807) is 6.07 Å². The highest BCUT2D eigenvalue weighted by Crippen LogP contribution is 2.33. The lowest BCUT2D eigenvalue weighted by Crippen LogP contribution is -2.46. The third kappa shape index (κ3) is 2.98. The van der Waals surface area contributed by atoms with Gasteiger partial charge >= 0.3 is 0 Å². The molecule has 1 atom stereocenters. The van der Waals surface area contributed by atoms with Crippen LogP contribution in [0, 0.1) is 5.82 Å². The van der Waals surface area contributed by atoms with Crippen LogP contribution in [0.15, 0.2) is 18.2 Å². The van der Waals surface area contributed by atoms with Crippen molar-refractivity contribution in [3.63, 3.8) is 0 Å². The second-order valence-electron chi connectivity index (χ2n) is 5.76. The number of benzene rings is 1. The van der Waals surface area contributed by atoms with Gasteiger partial charge in [-0.25, -0.2) is 4.39 Å². The molecule has 1 aliphatic heterocycles. The molecule has 1 aromatic carbocycles. The maximum atomic E-state index is 13.2. The molecule has 5 heteroatoms. The van der Waals surface area contributed by atoms with Crippen LogP contribution in [0.5, 0.6) is 0 Å². The molecule has 1 unspecified atom stereocenters. The third-order valence-electron chi connectivity index (χ3n) is 3.72. The van der Waals surface area contributed by atoms with Gasteiger partial charge < -0.3 is 10.6 Å². The fourth-order valence-corrected chi connectivity index (χ4v) is 2.18. The number of carbonyl (C=O) groups is 2. The van der Waals surface area contributed by atoms with Crippen LogP contribution in [-0.4, -0.2) is 17.4 Å². The molecule has 0 spiro atoms. The Bertz CT molecular complexity index is 555. The lowest BCUT2D eigenvalue weighted by Gasteiger charge is -2.30. The molecule has 2 rings (SSSR count). The maximum Gasteiger partial charge on any atom is 0.228 e. The maximum absolute atomic E-state index is 13.2. The van der Waals surface area contributed by atoms with E-state index in [4.69, 9.17) is 0 Å². The Labute approximate surface area is 117 Å². The smallest absolute Gasteiger partial charge is 0.228 e. The topological polar surface area (TPSA) is 58.2 Å². The van der Waals surface area contributed by atoms with Crippen LogP contribution in [0.25, 0.3) is 0 Å². The largest absolute Gasteiger partial charge is 0.351 e. The van der Waals surface area contributed by atoms with E-state index in [0.717, 1.165) is 6.42 Å². The molecule has 1 aromatic rings. The lowest BCUT2D eigenvalue weighted by molar-refractivity contribution is -0.127. The molecule has 108 valence electrons. The number of amides is 2. The summed E-state index contributed by atoms with van der Waals surface area (Å²) < 4.78 is 13.2. The first-order valence-corrected chi connectivity index (χ1v) is 6.74. The molecule has 2 amide bonds. The van der Waals surface area contributed by atoms with Gasteiger partial charge in [-0.3, -0.25) is 9.59 Å². The number of rotatable bonds is 3. The number of anilines is 1. The molecule has 2 N–H and O–H groups in total. The van der Waals surface area contributed by atoms with Gasteiger partial charge in [0.1, 0.15) is 5.82 Å². The first-order chi connectivity index (χ1) is 9.32. The predicted octanol–water partition coefficient (Wildman–Crippen LogP) is 2.56. The minimum atomic E-state index is -0.565. The highest BCUT2D eigenvalue weighted by atomic mass is 19.1. The van der Waals surface area contributed by atoms with E-state index in [0.29, 0.717) is 11.3 Å². The SMILES string of the molecule is CCC(C)(C)NC(=O)C1CC(=O)Nc2cc(F)ccc21. The van der Waals surface area contributed by atoms with Crippen LogP contribution < -0.4 is 10.6 Å². The van der Waals surface area contributed by atoms with Crippen LogP contribution in [-0.2, 0) is 9.59 Å². The van der Waals surface area contributed by atoms with Crippen molar-refractivity contribution in [3.8, 4) is 0 Å². The Morgan fingerprint density at radius 1 is 1.50 bits per heavy atom. The average Bonchev–Trinajstić information content (AvgIpc) is 2.36. The van der Waals surface area contributed by atoms with Crippen molar-refractivity contribution in [1.82, 2.24) is 5.32 Å². The van der Waals surface area contributed by atoms with Gasteiger partial charge in [-0.1, -0.05) is 13.0 Å². The van der Waals surface area contributed by atoms with Crippen molar-refractivity contribution in [2.45, 2.75) is 45.1 Å².